The zero-order valence-electron chi connectivity index (χ0n) is 30.0. The fourth-order valence-corrected chi connectivity index (χ4v) is 6.42. The molecule has 6 aromatic rings. The maximum absolute atomic E-state index is 12.9. The molecule has 2 aromatic carbocycles. The third kappa shape index (κ3) is 7.05. The number of nitrogens with zero attached hydrogens (tertiary/aromatic N) is 4. The molecule has 10 nitrogen and oxygen atoms in total. The summed E-state index contributed by atoms with van der Waals surface area (Å²) in [6.07, 6.45) is 3.43. The van der Waals surface area contributed by atoms with Gasteiger partial charge < -0.3 is 28.5 Å². The van der Waals surface area contributed by atoms with E-state index in [0.29, 0.717) is 27.9 Å². The van der Waals surface area contributed by atoms with Gasteiger partial charge in [0.25, 0.3) is 0 Å². The molecule has 4 heterocycles. The highest BCUT2D eigenvalue weighted by atomic mass is 16.6. The highest BCUT2D eigenvalue weighted by Gasteiger charge is 2.28. The summed E-state index contributed by atoms with van der Waals surface area (Å²) in [6, 6.07) is 23.0. The Kier molecular flexibility index (Phi) is 10.3. The van der Waals surface area contributed by atoms with Gasteiger partial charge in [-0.3, -0.25) is 0 Å². The fourth-order valence-electron chi connectivity index (χ4n) is 6.42. The first-order chi connectivity index (χ1) is 23.8. The van der Waals surface area contributed by atoms with Crippen LogP contribution in [0.25, 0.3) is 22.1 Å². The number of fused-ring (bicyclic) bond motifs is 2. The van der Waals surface area contributed by atoms with E-state index in [-0.39, 0.29) is 18.1 Å². The van der Waals surface area contributed by atoms with Crippen LogP contribution in [0.1, 0.15) is 89.9 Å². The van der Waals surface area contributed by atoms with E-state index in [4.69, 9.17) is 14.2 Å². The van der Waals surface area contributed by atoms with Crippen LogP contribution >= 0.6 is 0 Å². The Morgan fingerprint density at radius 2 is 1.14 bits per heavy atom. The molecule has 0 fully saturated rings. The molecule has 0 radical (unpaired) electrons. The van der Waals surface area contributed by atoms with Crippen molar-refractivity contribution < 1.29 is 28.9 Å². The number of carbonyl (C=O) groups excluding carboxylic acids is 1. The Labute approximate surface area is 292 Å². The topological polar surface area (TPSA) is 118 Å². The van der Waals surface area contributed by atoms with E-state index in [0.717, 1.165) is 39.4 Å². The number of carboxylic acids is 1. The van der Waals surface area contributed by atoms with Crippen molar-refractivity contribution in [3.05, 3.63) is 119 Å². The summed E-state index contributed by atoms with van der Waals surface area (Å²) in [5.74, 6) is 0.315. The minimum Gasteiger partial charge on any atom is -0.497 e. The van der Waals surface area contributed by atoms with Gasteiger partial charge in [0.05, 0.1) is 37.4 Å². The first-order valence-electron chi connectivity index (χ1n) is 16.4. The lowest BCUT2D eigenvalue weighted by Crippen LogP contribution is -2.24. The number of benzene rings is 2. The summed E-state index contributed by atoms with van der Waals surface area (Å²) in [5.41, 5.74) is 5.42. The van der Waals surface area contributed by atoms with Crippen LogP contribution in [0.5, 0.6) is 11.5 Å². The van der Waals surface area contributed by atoms with Gasteiger partial charge in [-0.15, -0.1) is 0 Å². The second-order valence-corrected chi connectivity index (χ2v) is 13.1. The van der Waals surface area contributed by atoms with Crippen LogP contribution in [0.4, 0.5) is 0 Å². The number of carboxylic acid groups (broad SMARTS) is 1. The molecule has 6 rings (SSSR count). The van der Waals surface area contributed by atoms with Crippen molar-refractivity contribution in [1.29, 1.82) is 0 Å². The number of hydrogen-bond acceptors (Lipinski definition) is 7. The van der Waals surface area contributed by atoms with Crippen molar-refractivity contribution in [2.24, 2.45) is 0 Å². The van der Waals surface area contributed by atoms with Gasteiger partial charge in [-0.1, -0.05) is 24.3 Å². The van der Waals surface area contributed by atoms with Crippen molar-refractivity contribution in [3.8, 4) is 11.5 Å². The number of aromatic carboxylic acids is 1. The standard InChI is InChI=1S/C22H26N2O3.C18H18N2O3/c1-14(16-9-7-10-17(13-16)26-6)24-15(2)19(21(25)27-22(3,4)5)18-11-8-12-23-20(18)24;1-11(13-6-4-7-14(10-13)23-3)20-12(2)16(18(21)22)15-8-5-9-19-17(15)20/h7-14H,1-6H3;4-11H,1-3H3,(H,21,22). The maximum Gasteiger partial charge on any atom is 0.341 e. The van der Waals surface area contributed by atoms with Crippen LogP contribution in [0, 0.1) is 13.8 Å². The van der Waals surface area contributed by atoms with E-state index >= 15 is 0 Å². The molecule has 0 amide bonds. The number of ether oxygens (including phenoxy) is 3. The Bertz CT molecular complexity index is 2170. The normalized spacial score (nSPS) is 12.6. The van der Waals surface area contributed by atoms with Gasteiger partial charge in [-0.2, -0.15) is 0 Å². The van der Waals surface area contributed by atoms with Crippen molar-refractivity contribution in [1.82, 2.24) is 19.1 Å². The SMILES string of the molecule is COc1cccc(C(C)n2c(C)c(C(=O)O)c3cccnc32)c1.COc1cccc(C(C)n2c(C)c(C(=O)OC(C)(C)C)c3cccnc32)c1. The summed E-state index contributed by atoms with van der Waals surface area (Å²) in [5, 5.41) is 11.0. The number of methoxy groups -OCH3 is 2. The van der Waals surface area contributed by atoms with Crippen molar-refractivity contribution >= 4 is 34.0 Å². The van der Waals surface area contributed by atoms with Gasteiger partial charge in [-0.05, 0) is 108 Å². The van der Waals surface area contributed by atoms with E-state index < -0.39 is 11.6 Å². The smallest absolute Gasteiger partial charge is 0.341 e. The molecule has 0 aliphatic rings. The number of esters is 1. The molecule has 0 aliphatic heterocycles. The Morgan fingerprint density at radius 1 is 0.700 bits per heavy atom. The minimum absolute atomic E-state index is 0.0197. The Morgan fingerprint density at radius 3 is 1.56 bits per heavy atom. The number of carbonyl (C=O) groups is 2. The summed E-state index contributed by atoms with van der Waals surface area (Å²) < 4.78 is 20.3. The predicted octanol–water partition coefficient (Wildman–Crippen LogP) is 8.58. The molecule has 10 heteroatoms. The predicted molar refractivity (Wildman–Crippen MR) is 195 cm³/mol. The maximum atomic E-state index is 12.9. The quantitative estimate of drug-likeness (QED) is 0.159. The lowest BCUT2D eigenvalue weighted by atomic mass is 10.1. The molecule has 0 aliphatic carbocycles. The van der Waals surface area contributed by atoms with Crippen LogP contribution in [0.3, 0.4) is 0 Å². The molecule has 0 saturated carbocycles. The summed E-state index contributed by atoms with van der Waals surface area (Å²) in [4.78, 5) is 33.5. The summed E-state index contributed by atoms with van der Waals surface area (Å²) >= 11 is 0. The monoisotopic (exact) mass is 676 g/mol. The van der Waals surface area contributed by atoms with Crippen molar-refractivity contribution in [2.45, 2.75) is 66.2 Å². The molecule has 260 valence electrons. The van der Waals surface area contributed by atoms with Gasteiger partial charge in [0.1, 0.15) is 28.4 Å². The molecule has 50 heavy (non-hydrogen) atoms. The first kappa shape index (κ1) is 35.7. The number of hydrogen-bond donors (Lipinski definition) is 1. The third-order valence-electron chi connectivity index (χ3n) is 8.76. The molecular formula is C40H44N4O6. The highest BCUT2D eigenvalue weighted by molar-refractivity contribution is 6.05. The highest BCUT2D eigenvalue weighted by Crippen LogP contribution is 2.34. The van der Waals surface area contributed by atoms with Gasteiger partial charge in [0.2, 0.25) is 0 Å². The van der Waals surface area contributed by atoms with E-state index in [1.165, 1.54) is 0 Å². The Hall–Kier alpha value is -5.64. The van der Waals surface area contributed by atoms with Crippen LogP contribution < -0.4 is 9.47 Å². The van der Waals surface area contributed by atoms with Gasteiger partial charge in [0, 0.05) is 34.6 Å². The average Bonchev–Trinajstić information content (AvgIpc) is 3.56. The van der Waals surface area contributed by atoms with E-state index in [9.17, 15) is 14.7 Å². The minimum atomic E-state index is -0.933. The zero-order valence-corrected chi connectivity index (χ0v) is 30.0. The first-order valence-corrected chi connectivity index (χ1v) is 16.4. The number of pyridine rings is 2. The fraction of sp³-hybridized carbons (Fsp3) is 0.300. The van der Waals surface area contributed by atoms with Gasteiger partial charge in [0.15, 0.2) is 0 Å². The van der Waals surface area contributed by atoms with E-state index in [1.54, 1.807) is 38.7 Å². The average molecular weight is 677 g/mol. The van der Waals surface area contributed by atoms with Crippen molar-refractivity contribution in [3.63, 3.8) is 0 Å². The molecule has 4 aromatic heterocycles. The number of aromatic nitrogens is 4. The molecule has 1 N–H and O–H groups in total. The summed E-state index contributed by atoms with van der Waals surface area (Å²) in [7, 11) is 3.28. The third-order valence-corrected chi connectivity index (χ3v) is 8.76. The van der Waals surface area contributed by atoms with Gasteiger partial charge >= 0.3 is 11.9 Å². The van der Waals surface area contributed by atoms with Crippen LogP contribution in [0.2, 0.25) is 0 Å². The molecule has 0 spiro atoms. The van der Waals surface area contributed by atoms with Crippen LogP contribution in [0.15, 0.2) is 85.2 Å². The second kappa shape index (κ2) is 14.5. The van der Waals surface area contributed by atoms with Gasteiger partial charge in [-0.25, -0.2) is 19.6 Å². The summed E-state index contributed by atoms with van der Waals surface area (Å²) in [6.45, 7) is 13.5. The Balaban J connectivity index is 0.000000197. The second-order valence-electron chi connectivity index (χ2n) is 13.1. The molecule has 2 unspecified atom stereocenters. The molecule has 0 bridgehead atoms. The number of rotatable bonds is 8. The van der Waals surface area contributed by atoms with Crippen molar-refractivity contribution in [2.75, 3.05) is 14.2 Å². The molecule has 2 atom stereocenters. The van der Waals surface area contributed by atoms with Crippen LogP contribution in [-0.2, 0) is 4.74 Å². The van der Waals surface area contributed by atoms with E-state index in [2.05, 4.69) is 27.5 Å². The van der Waals surface area contributed by atoms with Crippen LogP contribution in [-0.4, -0.2) is 56.0 Å². The molecular weight excluding hydrogens is 632 g/mol. The molecule has 0 saturated heterocycles. The van der Waals surface area contributed by atoms with E-state index in [1.807, 2.05) is 101 Å². The largest absolute Gasteiger partial charge is 0.497 e. The zero-order chi connectivity index (χ0) is 36.3. The lowest BCUT2D eigenvalue weighted by Gasteiger charge is -2.20. The lowest BCUT2D eigenvalue weighted by molar-refractivity contribution is 0.00704.